The van der Waals surface area contributed by atoms with Gasteiger partial charge in [-0.15, -0.1) is 0 Å². The molecule has 0 fully saturated rings. The third-order valence-electron chi connectivity index (χ3n) is 7.25. The Kier molecular flexibility index (Phi) is 9.13. The molecule has 0 amide bonds. The van der Waals surface area contributed by atoms with Crippen molar-refractivity contribution in [3.05, 3.63) is 121 Å². The van der Waals surface area contributed by atoms with Crippen LogP contribution in [0.4, 0.5) is 0 Å². The molecular weight excluding hydrogens is 474 g/mol. The first-order chi connectivity index (χ1) is 17.1. The Bertz CT molecular complexity index is 975. The van der Waals surface area contributed by atoms with Gasteiger partial charge in [-0.2, -0.15) is 0 Å². The van der Waals surface area contributed by atoms with Gasteiger partial charge in [0.1, 0.15) is 0 Å². The Balaban J connectivity index is 1.84. The van der Waals surface area contributed by atoms with Crippen molar-refractivity contribution in [3.63, 3.8) is 0 Å². The van der Waals surface area contributed by atoms with Gasteiger partial charge < -0.3 is 0 Å². The standard InChI is InChI=1S/C32H38P2Si/c1-5-31(33(27-19-11-7-12-20-27)28-21-13-8-14-22-28)35(3,4)32(6-2)34(29-23-15-9-16-24-29)30-25-17-10-18-26-30/h7-26,31-32H,5-6H2,1-4H3. The molecule has 35 heavy (non-hydrogen) atoms. The van der Waals surface area contributed by atoms with Gasteiger partial charge in [0.25, 0.3) is 0 Å². The van der Waals surface area contributed by atoms with Gasteiger partial charge >= 0.3 is 0 Å². The molecule has 3 heteroatoms. The van der Waals surface area contributed by atoms with E-state index in [2.05, 4.69) is 148 Å². The van der Waals surface area contributed by atoms with Crippen LogP contribution in [-0.4, -0.2) is 18.6 Å². The van der Waals surface area contributed by atoms with Gasteiger partial charge in [0.2, 0.25) is 0 Å². The maximum absolute atomic E-state index is 2.71. The summed E-state index contributed by atoms with van der Waals surface area (Å²) in [5.74, 6) is 0. The van der Waals surface area contributed by atoms with E-state index in [1.807, 2.05) is 0 Å². The van der Waals surface area contributed by atoms with E-state index in [0.29, 0.717) is 10.6 Å². The molecule has 0 saturated heterocycles. The molecule has 2 atom stereocenters. The van der Waals surface area contributed by atoms with Crippen molar-refractivity contribution in [1.82, 2.24) is 0 Å². The molecule has 4 aromatic rings. The minimum Gasteiger partial charge on any atom is -0.0684 e. The van der Waals surface area contributed by atoms with Crippen molar-refractivity contribution in [2.24, 2.45) is 0 Å². The summed E-state index contributed by atoms with van der Waals surface area (Å²) in [7, 11) is -2.62. The van der Waals surface area contributed by atoms with E-state index in [1.165, 1.54) is 34.1 Å². The van der Waals surface area contributed by atoms with Crippen LogP contribution in [0.2, 0.25) is 13.1 Å². The van der Waals surface area contributed by atoms with Crippen molar-refractivity contribution in [1.29, 1.82) is 0 Å². The Morgan fingerprint density at radius 2 is 0.686 bits per heavy atom. The molecule has 2 unspecified atom stereocenters. The van der Waals surface area contributed by atoms with Crippen molar-refractivity contribution in [2.75, 3.05) is 0 Å². The number of hydrogen-bond donors (Lipinski definition) is 0. The van der Waals surface area contributed by atoms with E-state index in [9.17, 15) is 0 Å². The number of hydrogen-bond acceptors (Lipinski definition) is 0. The monoisotopic (exact) mass is 512 g/mol. The Hall–Kier alpha value is -2.04. The molecule has 0 bridgehead atoms. The molecule has 0 radical (unpaired) electrons. The summed E-state index contributed by atoms with van der Waals surface area (Å²) in [5, 5.41) is 7.54. The molecule has 0 nitrogen and oxygen atoms in total. The van der Waals surface area contributed by atoms with E-state index in [0.717, 1.165) is 0 Å². The highest BCUT2D eigenvalue weighted by molar-refractivity contribution is 7.79. The fourth-order valence-electron chi connectivity index (χ4n) is 5.68. The zero-order chi connectivity index (χ0) is 24.7. The first kappa shape index (κ1) is 26.0. The predicted octanol–water partition coefficient (Wildman–Crippen LogP) is 7.60. The highest BCUT2D eigenvalue weighted by Crippen LogP contribution is 2.53. The van der Waals surface area contributed by atoms with Crippen molar-refractivity contribution in [3.8, 4) is 0 Å². The minimum atomic E-state index is -1.76. The van der Waals surface area contributed by atoms with E-state index in [4.69, 9.17) is 0 Å². The van der Waals surface area contributed by atoms with Crippen molar-refractivity contribution in [2.45, 2.75) is 50.3 Å². The highest BCUT2D eigenvalue weighted by Gasteiger charge is 2.45. The van der Waals surface area contributed by atoms with Gasteiger partial charge in [-0.25, -0.2) is 0 Å². The highest BCUT2D eigenvalue weighted by atomic mass is 31.1. The van der Waals surface area contributed by atoms with Crippen LogP contribution >= 0.6 is 15.8 Å². The van der Waals surface area contributed by atoms with Gasteiger partial charge in [0.15, 0.2) is 0 Å². The van der Waals surface area contributed by atoms with Gasteiger partial charge in [-0.1, -0.05) is 161 Å². The van der Waals surface area contributed by atoms with Crippen LogP contribution in [0, 0.1) is 0 Å². The Morgan fingerprint density at radius 1 is 0.457 bits per heavy atom. The molecule has 0 N–H and O–H groups in total. The first-order valence-electron chi connectivity index (χ1n) is 12.9. The second kappa shape index (κ2) is 12.3. The zero-order valence-corrected chi connectivity index (χ0v) is 24.3. The summed E-state index contributed by atoms with van der Waals surface area (Å²) in [5.41, 5.74) is 0. The fraction of sp³-hybridized carbons (Fsp3) is 0.250. The summed E-state index contributed by atoms with van der Waals surface area (Å²) in [6.07, 6.45) is 2.47. The van der Waals surface area contributed by atoms with Crippen LogP contribution in [0.25, 0.3) is 0 Å². The van der Waals surface area contributed by atoms with Gasteiger partial charge in [-0.3, -0.25) is 0 Å². The van der Waals surface area contributed by atoms with Crippen LogP contribution in [0.5, 0.6) is 0 Å². The molecule has 4 rings (SSSR count). The van der Waals surface area contributed by atoms with Crippen LogP contribution in [0.1, 0.15) is 26.7 Å². The lowest BCUT2D eigenvalue weighted by Crippen LogP contribution is -2.54. The summed E-state index contributed by atoms with van der Waals surface area (Å²) >= 11 is 0. The Morgan fingerprint density at radius 3 is 0.886 bits per heavy atom. The zero-order valence-electron chi connectivity index (χ0n) is 21.5. The topological polar surface area (TPSA) is 0 Å². The second-order valence-electron chi connectivity index (χ2n) is 9.75. The lowest BCUT2D eigenvalue weighted by Gasteiger charge is -2.46. The summed E-state index contributed by atoms with van der Waals surface area (Å²) < 4.78 is 0. The molecule has 0 aromatic heterocycles. The van der Waals surface area contributed by atoms with Crippen molar-refractivity contribution >= 4 is 45.1 Å². The lowest BCUT2D eigenvalue weighted by atomic mass is 10.4. The molecule has 0 aliphatic heterocycles. The first-order valence-corrected chi connectivity index (χ1v) is 18.8. The number of benzene rings is 4. The molecule has 180 valence electrons. The van der Waals surface area contributed by atoms with Gasteiger partial charge in [-0.05, 0) is 47.6 Å². The average molecular weight is 513 g/mol. The molecule has 0 aliphatic rings. The second-order valence-corrected chi connectivity index (χ2v) is 20.6. The van der Waals surface area contributed by atoms with Crippen LogP contribution in [0.3, 0.4) is 0 Å². The lowest BCUT2D eigenvalue weighted by molar-refractivity contribution is 0.931. The quantitative estimate of drug-likeness (QED) is 0.152. The summed E-state index contributed by atoms with van der Waals surface area (Å²) in [6.45, 7) is 10.3. The fourth-order valence-corrected chi connectivity index (χ4v) is 21.5. The summed E-state index contributed by atoms with van der Waals surface area (Å²) in [6, 6.07) is 45.5. The van der Waals surface area contributed by atoms with Crippen LogP contribution < -0.4 is 21.2 Å². The van der Waals surface area contributed by atoms with E-state index >= 15 is 0 Å². The van der Waals surface area contributed by atoms with E-state index in [1.54, 1.807) is 0 Å². The Labute approximate surface area is 216 Å². The average Bonchev–Trinajstić information content (AvgIpc) is 2.91. The molecular formula is C32H38P2Si. The molecule has 0 saturated carbocycles. The molecule has 0 aliphatic carbocycles. The van der Waals surface area contributed by atoms with Gasteiger partial charge in [0.05, 0.1) is 8.07 Å². The predicted molar refractivity (Wildman–Crippen MR) is 164 cm³/mol. The normalized spacial score (nSPS) is 13.7. The van der Waals surface area contributed by atoms with Crippen molar-refractivity contribution < 1.29 is 0 Å². The molecule has 0 spiro atoms. The largest absolute Gasteiger partial charge is 0.0684 e. The molecule has 4 aromatic carbocycles. The van der Waals surface area contributed by atoms with E-state index in [-0.39, 0.29) is 0 Å². The maximum atomic E-state index is 2.71. The van der Waals surface area contributed by atoms with Crippen LogP contribution in [-0.2, 0) is 0 Å². The SMILES string of the molecule is CCC(P(c1ccccc1)c1ccccc1)[Si](C)(C)C(CC)P(c1ccccc1)c1ccccc1. The number of rotatable bonds is 10. The van der Waals surface area contributed by atoms with Crippen LogP contribution in [0.15, 0.2) is 121 Å². The maximum Gasteiger partial charge on any atom is 0.0639 e. The smallest absolute Gasteiger partial charge is 0.0639 e. The third kappa shape index (κ3) is 5.86. The third-order valence-corrected chi connectivity index (χ3v) is 22.4. The van der Waals surface area contributed by atoms with Gasteiger partial charge in [0, 0.05) is 0 Å². The minimum absolute atomic E-state index is 0.431. The summed E-state index contributed by atoms with van der Waals surface area (Å²) in [4.78, 5) is 0. The molecule has 0 heterocycles. The van der Waals surface area contributed by atoms with E-state index < -0.39 is 23.9 Å².